The van der Waals surface area contributed by atoms with Crippen molar-refractivity contribution in [1.29, 1.82) is 0 Å². The van der Waals surface area contributed by atoms with E-state index < -0.39 is 17.7 Å². The smallest absolute Gasteiger partial charge is 0.301 e. The summed E-state index contributed by atoms with van der Waals surface area (Å²) in [5, 5.41) is 14.0. The first-order valence-electron chi connectivity index (χ1n) is 11.0. The van der Waals surface area contributed by atoms with Crippen LogP contribution >= 0.6 is 34.3 Å². The lowest BCUT2D eigenvalue weighted by molar-refractivity contribution is -0.132. The fraction of sp³-hybridized carbons (Fsp3) is 0.192. The second-order valence-corrected chi connectivity index (χ2v) is 10.9. The monoisotopic (exact) mass is 524 g/mol. The van der Waals surface area contributed by atoms with Gasteiger partial charge < -0.3 is 9.84 Å². The van der Waals surface area contributed by atoms with Gasteiger partial charge in [0, 0.05) is 15.5 Å². The molecular formula is C26H21ClN2O4S2. The summed E-state index contributed by atoms with van der Waals surface area (Å²) in [6, 6.07) is 15.0. The van der Waals surface area contributed by atoms with E-state index in [1.807, 2.05) is 17.5 Å². The van der Waals surface area contributed by atoms with E-state index in [4.69, 9.17) is 16.3 Å². The quantitative estimate of drug-likeness (QED) is 0.173. The Balaban J connectivity index is 1.59. The van der Waals surface area contributed by atoms with Gasteiger partial charge in [-0.25, -0.2) is 4.98 Å². The molecule has 1 atom stereocenters. The molecule has 1 unspecified atom stereocenters. The summed E-state index contributed by atoms with van der Waals surface area (Å²) in [6.07, 6.45) is 0. The zero-order valence-corrected chi connectivity index (χ0v) is 21.3. The zero-order valence-electron chi connectivity index (χ0n) is 18.9. The number of aliphatic hydroxyl groups excluding tert-OH is 1. The number of ketones is 1. The van der Waals surface area contributed by atoms with Crippen LogP contribution < -0.4 is 9.64 Å². The van der Waals surface area contributed by atoms with Crippen molar-refractivity contribution in [2.45, 2.75) is 19.9 Å². The first-order valence-corrected chi connectivity index (χ1v) is 13.0. The molecule has 2 aromatic heterocycles. The highest BCUT2D eigenvalue weighted by atomic mass is 35.5. The van der Waals surface area contributed by atoms with Gasteiger partial charge in [0.1, 0.15) is 17.6 Å². The predicted octanol–water partition coefficient (Wildman–Crippen LogP) is 6.67. The number of amides is 1. The fourth-order valence-electron chi connectivity index (χ4n) is 3.86. The van der Waals surface area contributed by atoms with Crippen LogP contribution in [0.5, 0.6) is 5.75 Å². The molecule has 9 heteroatoms. The number of aromatic nitrogens is 1. The van der Waals surface area contributed by atoms with E-state index in [0.717, 1.165) is 9.58 Å². The van der Waals surface area contributed by atoms with Gasteiger partial charge in [-0.1, -0.05) is 42.9 Å². The number of halogens is 1. The minimum Gasteiger partial charge on any atom is -0.507 e. The number of rotatable bonds is 6. The van der Waals surface area contributed by atoms with Crippen LogP contribution in [0.4, 0.5) is 5.13 Å². The van der Waals surface area contributed by atoms with Crippen LogP contribution in [0.3, 0.4) is 0 Å². The van der Waals surface area contributed by atoms with Crippen molar-refractivity contribution in [1.82, 2.24) is 4.98 Å². The lowest BCUT2D eigenvalue weighted by Gasteiger charge is -2.21. The third-order valence-corrected chi connectivity index (χ3v) is 7.69. The minimum absolute atomic E-state index is 0.0330. The maximum absolute atomic E-state index is 13.3. The second-order valence-electron chi connectivity index (χ2n) is 8.52. The molecule has 0 spiro atoms. The van der Waals surface area contributed by atoms with E-state index in [1.54, 1.807) is 42.5 Å². The Bertz CT molecular complexity index is 1440. The number of hydrogen-bond acceptors (Lipinski definition) is 7. The number of fused-ring (bicyclic) bond motifs is 1. The summed E-state index contributed by atoms with van der Waals surface area (Å²) in [5.41, 5.74) is 1.14. The molecule has 1 amide bonds. The maximum atomic E-state index is 13.3. The number of thiophene rings is 1. The van der Waals surface area contributed by atoms with Crippen LogP contribution in [0, 0.1) is 5.92 Å². The third kappa shape index (κ3) is 4.45. The average Bonchev–Trinajstić information content (AvgIpc) is 3.56. The number of benzene rings is 2. The molecular weight excluding hydrogens is 504 g/mol. The summed E-state index contributed by atoms with van der Waals surface area (Å²) < 4.78 is 6.52. The highest BCUT2D eigenvalue weighted by Gasteiger charge is 2.48. The molecule has 1 fully saturated rings. The molecule has 4 aromatic rings. The molecule has 2 aromatic carbocycles. The molecule has 5 rings (SSSR count). The van der Waals surface area contributed by atoms with E-state index in [2.05, 4.69) is 18.8 Å². The van der Waals surface area contributed by atoms with E-state index >= 15 is 0 Å². The summed E-state index contributed by atoms with van der Waals surface area (Å²) in [5.74, 6) is -0.670. The molecule has 1 aliphatic heterocycles. The summed E-state index contributed by atoms with van der Waals surface area (Å²) in [7, 11) is 0. The Morgan fingerprint density at radius 2 is 1.94 bits per heavy atom. The Morgan fingerprint density at radius 1 is 1.17 bits per heavy atom. The molecule has 3 heterocycles. The van der Waals surface area contributed by atoms with Gasteiger partial charge in [0.25, 0.3) is 5.78 Å². The Hall–Kier alpha value is -3.20. The molecule has 178 valence electrons. The summed E-state index contributed by atoms with van der Waals surface area (Å²) >= 11 is 8.80. The zero-order chi connectivity index (χ0) is 24.7. The van der Waals surface area contributed by atoms with Gasteiger partial charge >= 0.3 is 5.91 Å². The van der Waals surface area contributed by atoms with Gasteiger partial charge in [-0.15, -0.1) is 11.3 Å². The van der Waals surface area contributed by atoms with E-state index in [0.29, 0.717) is 39.5 Å². The number of anilines is 1. The van der Waals surface area contributed by atoms with Gasteiger partial charge in [0.15, 0.2) is 5.13 Å². The number of thiazole rings is 1. The normalized spacial score (nSPS) is 17.6. The molecule has 0 aliphatic carbocycles. The predicted molar refractivity (Wildman–Crippen MR) is 141 cm³/mol. The molecule has 0 radical (unpaired) electrons. The van der Waals surface area contributed by atoms with Crippen LogP contribution in [0.25, 0.3) is 16.0 Å². The van der Waals surface area contributed by atoms with Crippen molar-refractivity contribution >= 4 is 67.1 Å². The molecule has 6 nitrogen and oxygen atoms in total. The van der Waals surface area contributed by atoms with Crippen LogP contribution in [0.2, 0.25) is 5.02 Å². The minimum atomic E-state index is -0.789. The lowest BCUT2D eigenvalue weighted by Crippen LogP contribution is -2.28. The summed E-state index contributed by atoms with van der Waals surface area (Å²) in [6.45, 7) is 4.69. The van der Waals surface area contributed by atoms with E-state index in [-0.39, 0.29) is 11.3 Å². The molecule has 0 saturated carbocycles. The number of Topliss-reactive ketones (excluding diaryl/α,β-unsaturated/α-hetero) is 1. The van der Waals surface area contributed by atoms with E-state index in [1.165, 1.54) is 27.6 Å². The maximum Gasteiger partial charge on any atom is 0.301 e. The molecule has 1 aliphatic rings. The topological polar surface area (TPSA) is 79.7 Å². The summed E-state index contributed by atoms with van der Waals surface area (Å²) in [4.78, 5) is 33.2. The third-order valence-electron chi connectivity index (χ3n) is 5.51. The highest BCUT2D eigenvalue weighted by molar-refractivity contribution is 7.22. The van der Waals surface area contributed by atoms with Crippen LogP contribution in [0.15, 0.2) is 65.6 Å². The molecule has 1 saturated heterocycles. The number of carbonyl (C=O) groups excluding carboxylic acids is 2. The fourth-order valence-corrected chi connectivity index (χ4v) is 5.95. The number of aliphatic hydroxyl groups is 1. The SMILES string of the molecule is CC(C)COc1ccc(/C(O)=C2\C(=O)C(=O)N(c3nc4ccc(Cl)cc4s3)C2c2cccs2)cc1. The van der Waals surface area contributed by atoms with Crippen molar-refractivity contribution in [2.75, 3.05) is 11.5 Å². The van der Waals surface area contributed by atoms with Crippen LogP contribution in [-0.2, 0) is 9.59 Å². The van der Waals surface area contributed by atoms with Crippen molar-refractivity contribution in [3.8, 4) is 5.75 Å². The number of hydrogen-bond donors (Lipinski definition) is 1. The van der Waals surface area contributed by atoms with E-state index in [9.17, 15) is 14.7 Å². The average molecular weight is 525 g/mol. The van der Waals surface area contributed by atoms with Crippen LogP contribution in [-0.4, -0.2) is 28.4 Å². The Labute approximate surface area is 215 Å². The lowest BCUT2D eigenvalue weighted by atomic mass is 10.00. The highest BCUT2D eigenvalue weighted by Crippen LogP contribution is 2.45. The standard InChI is InChI=1S/C26H21ClN2O4S2/c1-14(2)13-33-17-8-5-15(6-9-17)23(30)21-22(19-4-3-11-34-19)29(25(32)24(21)31)26-28-18-10-7-16(27)12-20(18)35-26/h3-12,14,22,30H,13H2,1-2H3/b23-21+. The first kappa shape index (κ1) is 23.5. The Morgan fingerprint density at radius 3 is 2.63 bits per heavy atom. The molecule has 1 N–H and O–H groups in total. The van der Waals surface area contributed by atoms with Gasteiger partial charge in [0.05, 0.1) is 22.4 Å². The van der Waals surface area contributed by atoms with Gasteiger partial charge in [-0.2, -0.15) is 0 Å². The largest absolute Gasteiger partial charge is 0.507 e. The van der Waals surface area contributed by atoms with Gasteiger partial charge in [-0.05, 0) is 59.8 Å². The van der Waals surface area contributed by atoms with Crippen molar-refractivity contribution in [3.05, 3.63) is 81.0 Å². The number of ether oxygens (including phenoxy) is 1. The first-order chi connectivity index (χ1) is 16.8. The van der Waals surface area contributed by atoms with Crippen molar-refractivity contribution < 1.29 is 19.4 Å². The van der Waals surface area contributed by atoms with Crippen molar-refractivity contribution in [2.24, 2.45) is 5.92 Å². The van der Waals surface area contributed by atoms with Gasteiger partial charge in [0.2, 0.25) is 0 Å². The number of nitrogens with zero attached hydrogens (tertiary/aromatic N) is 2. The second kappa shape index (κ2) is 9.45. The van der Waals surface area contributed by atoms with Gasteiger partial charge in [-0.3, -0.25) is 14.5 Å². The molecule has 35 heavy (non-hydrogen) atoms. The molecule has 0 bridgehead atoms. The number of carbonyl (C=O) groups is 2. The Kier molecular flexibility index (Phi) is 6.35. The van der Waals surface area contributed by atoms with Crippen LogP contribution in [0.1, 0.15) is 30.3 Å². The van der Waals surface area contributed by atoms with Crippen molar-refractivity contribution in [3.63, 3.8) is 0 Å².